The molecule has 2 aromatic rings. The summed E-state index contributed by atoms with van der Waals surface area (Å²) in [5.41, 5.74) is 1.08. The van der Waals surface area contributed by atoms with E-state index in [1.165, 1.54) is 10.8 Å². The molecule has 3 rings (SSSR count). The second-order valence-electron chi connectivity index (χ2n) is 4.15. The van der Waals surface area contributed by atoms with Crippen molar-refractivity contribution < 1.29 is 9.47 Å². The molecule has 1 aliphatic rings. The van der Waals surface area contributed by atoms with Gasteiger partial charge in [0.2, 0.25) is 0 Å². The van der Waals surface area contributed by atoms with Gasteiger partial charge in [-0.25, -0.2) is 0 Å². The molecule has 1 saturated heterocycles. The molecule has 0 spiro atoms. The van der Waals surface area contributed by atoms with E-state index in [0.29, 0.717) is 12.5 Å². The maximum atomic E-state index is 5.77. The van der Waals surface area contributed by atoms with Crippen molar-refractivity contribution in [1.82, 2.24) is 0 Å². The Labute approximate surface area is 105 Å². The summed E-state index contributed by atoms with van der Waals surface area (Å²) in [6.45, 7) is 0.567. The van der Waals surface area contributed by atoms with Gasteiger partial charge in [-0.1, -0.05) is 42.5 Å². The molecule has 0 aromatic heterocycles. The molecule has 1 heterocycles. The summed E-state index contributed by atoms with van der Waals surface area (Å²) in [7, 11) is 0. The SMILES string of the molecule is ClC[C@@H]1CO[C@@H](c2cccc3ccccc23)O1. The summed E-state index contributed by atoms with van der Waals surface area (Å²) >= 11 is 5.77. The number of alkyl halides is 1. The summed E-state index contributed by atoms with van der Waals surface area (Å²) in [6, 6.07) is 14.4. The minimum Gasteiger partial charge on any atom is -0.346 e. The van der Waals surface area contributed by atoms with E-state index in [9.17, 15) is 0 Å². The molecule has 1 aliphatic heterocycles. The van der Waals surface area contributed by atoms with E-state index in [2.05, 4.69) is 18.2 Å². The van der Waals surface area contributed by atoms with Gasteiger partial charge in [-0.15, -0.1) is 11.6 Å². The fraction of sp³-hybridized carbons (Fsp3) is 0.286. The minimum atomic E-state index is -0.287. The summed E-state index contributed by atoms with van der Waals surface area (Å²) in [5, 5.41) is 2.38. The van der Waals surface area contributed by atoms with Gasteiger partial charge in [0.25, 0.3) is 0 Å². The van der Waals surface area contributed by atoms with Crippen LogP contribution in [0.2, 0.25) is 0 Å². The average molecular weight is 249 g/mol. The van der Waals surface area contributed by atoms with Crippen LogP contribution in [0.5, 0.6) is 0 Å². The zero-order valence-corrected chi connectivity index (χ0v) is 10.1. The van der Waals surface area contributed by atoms with Crippen molar-refractivity contribution in [3.8, 4) is 0 Å². The number of fused-ring (bicyclic) bond motifs is 1. The maximum absolute atomic E-state index is 5.77. The Bertz CT molecular complexity index is 521. The zero-order chi connectivity index (χ0) is 11.7. The topological polar surface area (TPSA) is 18.5 Å². The summed E-state index contributed by atoms with van der Waals surface area (Å²) in [5.74, 6) is 0.473. The van der Waals surface area contributed by atoms with E-state index in [1.807, 2.05) is 24.3 Å². The third kappa shape index (κ3) is 2.04. The lowest BCUT2D eigenvalue weighted by atomic mass is 10.0. The molecular formula is C14H13ClO2. The Kier molecular flexibility index (Phi) is 3.02. The van der Waals surface area contributed by atoms with Crippen LogP contribution in [0.4, 0.5) is 0 Å². The van der Waals surface area contributed by atoms with Crippen LogP contribution in [0, 0.1) is 0 Å². The first-order valence-electron chi connectivity index (χ1n) is 5.69. The largest absolute Gasteiger partial charge is 0.346 e. The molecule has 0 aliphatic carbocycles. The van der Waals surface area contributed by atoms with Crippen LogP contribution in [0.3, 0.4) is 0 Å². The second-order valence-corrected chi connectivity index (χ2v) is 4.45. The predicted octanol–water partition coefficient (Wildman–Crippen LogP) is 3.49. The van der Waals surface area contributed by atoms with Crippen LogP contribution in [0.1, 0.15) is 11.9 Å². The third-order valence-electron chi connectivity index (χ3n) is 3.00. The van der Waals surface area contributed by atoms with Gasteiger partial charge < -0.3 is 9.47 Å². The molecule has 0 radical (unpaired) electrons. The van der Waals surface area contributed by atoms with Crippen LogP contribution in [0.15, 0.2) is 42.5 Å². The predicted molar refractivity (Wildman–Crippen MR) is 68.2 cm³/mol. The fourth-order valence-corrected chi connectivity index (χ4v) is 2.31. The Morgan fingerprint density at radius 2 is 1.94 bits per heavy atom. The third-order valence-corrected chi connectivity index (χ3v) is 3.34. The molecule has 0 unspecified atom stereocenters. The highest BCUT2D eigenvalue weighted by molar-refractivity contribution is 6.18. The molecule has 1 fully saturated rings. The van der Waals surface area contributed by atoms with Gasteiger partial charge in [0.05, 0.1) is 18.6 Å². The van der Waals surface area contributed by atoms with Gasteiger partial charge in [-0.05, 0) is 10.8 Å². The minimum absolute atomic E-state index is 0.000588. The van der Waals surface area contributed by atoms with Crippen molar-refractivity contribution in [2.75, 3.05) is 12.5 Å². The highest BCUT2D eigenvalue weighted by Crippen LogP contribution is 2.32. The van der Waals surface area contributed by atoms with E-state index >= 15 is 0 Å². The van der Waals surface area contributed by atoms with Crippen LogP contribution in [-0.2, 0) is 9.47 Å². The Balaban J connectivity index is 2.00. The van der Waals surface area contributed by atoms with Crippen molar-refractivity contribution in [2.24, 2.45) is 0 Å². The number of hydrogen-bond acceptors (Lipinski definition) is 2. The molecule has 17 heavy (non-hydrogen) atoms. The molecule has 0 amide bonds. The van der Waals surface area contributed by atoms with E-state index < -0.39 is 0 Å². The summed E-state index contributed by atoms with van der Waals surface area (Å²) < 4.78 is 11.4. The number of benzene rings is 2. The van der Waals surface area contributed by atoms with Gasteiger partial charge in [0, 0.05) is 5.56 Å². The van der Waals surface area contributed by atoms with Crippen molar-refractivity contribution in [2.45, 2.75) is 12.4 Å². The van der Waals surface area contributed by atoms with Crippen LogP contribution < -0.4 is 0 Å². The lowest BCUT2D eigenvalue weighted by Crippen LogP contribution is -2.10. The van der Waals surface area contributed by atoms with Crippen LogP contribution in [-0.4, -0.2) is 18.6 Å². The van der Waals surface area contributed by atoms with E-state index in [4.69, 9.17) is 21.1 Å². The Morgan fingerprint density at radius 3 is 2.76 bits per heavy atom. The Hall–Kier alpha value is -1.09. The second kappa shape index (κ2) is 4.65. The van der Waals surface area contributed by atoms with Gasteiger partial charge >= 0.3 is 0 Å². The standard InChI is InChI=1S/C14H13ClO2/c15-8-11-9-16-14(17-11)13-7-3-5-10-4-1-2-6-12(10)13/h1-7,11,14H,8-9H2/t11-,14-/m1/s1. The quantitative estimate of drug-likeness (QED) is 0.758. The molecule has 2 aromatic carbocycles. The van der Waals surface area contributed by atoms with Crippen LogP contribution in [0.25, 0.3) is 10.8 Å². The normalized spacial score (nSPS) is 24.3. The molecule has 0 N–H and O–H groups in total. The monoisotopic (exact) mass is 248 g/mol. The van der Waals surface area contributed by atoms with Crippen molar-refractivity contribution in [3.05, 3.63) is 48.0 Å². The average Bonchev–Trinajstić information content (AvgIpc) is 2.87. The first-order chi connectivity index (χ1) is 8.38. The molecule has 0 bridgehead atoms. The molecule has 2 atom stereocenters. The van der Waals surface area contributed by atoms with Gasteiger partial charge in [-0.3, -0.25) is 0 Å². The van der Waals surface area contributed by atoms with E-state index in [0.717, 1.165) is 5.56 Å². The fourth-order valence-electron chi connectivity index (χ4n) is 2.15. The highest BCUT2D eigenvalue weighted by Gasteiger charge is 2.27. The van der Waals surface area contributed by atoms with E-state index in [1.54, 1.807) is 0 Å². The lowest BCUT2D eigenvalue weighted by Gasteiger charge is -2.13. The number of ether oxygens (including phenoxy) is 2. The highest BCUT2D eigenvalue weighted by atomic mass is 35.5. The zero-order valence-electron chi connectivity index (χ0n) is 9.30. The maximum Gasteiger partial charge on any atom is 0.185 e. The smallest absolute Gasteiger partial charge is 0.185 e. The Morgan fingerprint density at radius 1 is 1.12 bits per heavy atom. The molecule has 88 valence electrons. The van der Waals surface area contributed by atoms with Gasteiger partial charge in [0.15, 0.2) is 6.29 Å². The number of hydrogen-bond donors (Lipinski definition) is 0. The molecule has 0 saturated carbocycles. The van der Waals surface area contributed by atoms with Crippen molar-refractivity contribution in [1.29, 1.82) is 0 Å². The van der Waals surface area contributed by atoms with Crippen LogP contribution >= 0.6 is 11.6 Å². The van der Waals surface area contributed by atoms with E-state index in [-0.39, 0.29) is 12.4 Å². The summed E-state index contributed by atoms with van der Waals surface area (Å²) in [6.07, 6.45) is -0.287. The van der Waals surface area contributed by atoms with Crippen molar-refractivity contribution >= 4 is 22.4 Å². The number of halogens is 1. The van der Waals surface area contributed by atoms with Gasteiger partial charge in [0.1, 0.15) is 0 Å². The molecule has 3 heteroatoms. The lowest BCUT2D eigenvalue weighted by molar-refractivity contribution is -0.0556. The van der Waals surface area contributed by atoms with Gasteiger partial charge in [-0.2, -0.15) is 0 Å². The first-order valence-corrected chi connectivity index (χ1v) is 6.22. The molecule has 2 nitrogen and oxygen atoms in total. The molecular weight excluding hydrogens is 236 g/mol. The first kappa shape index (κ1) is 11.0. The van der Waals surface area contributed by atoms with Crippen molar-refractivity contribution in [3.63, 3.8) is 0 Å². The summed E-state index contributed by atoms with van der Waals surface area (Å²) in [4.78, 5) is 0. The number of rotatable bonds is 2.